The van der Waals surface area contributed by atoms with Gasteiger partial charge in [0.25, 0.3) is 0 Å². The number of hydrogen-bond acceptors (Lipinski definition) is 3. The average molecular weight is 172 g/mol. The molecule has 0 aromatic heterocycles. The first kappa shape index (κ1) is 9.96. The molecule has 3 nitrogen and oxygen atoms in total. The van der Waals surface area contributed by atoms with E-state index in [1.165, 1.54) is 12.8 Å². The molecule has 0 aromatic carbocycles. The largest absolute Gasteiger partial charge is 0.383 e. The standard InChI is InChI=1S/C9H20N2O/c1-8(6-12-3)11(2)9(7-10)4-5-9/h8H,4-7,10H2,1-3H3. The maximum absolute atomic E-state index is 5.72. The lowest BCUT2D eigenvalue weighted by atomic mass is 10.2. The van der Waals surface area contributed by atoms with Crippen LogP contribution in [0, 0.1) is 0 Å². The predicted molar refractivity (Wildman–Crippen MR) is 50.1 cm³/mol. The maximum Gasteiger partial charge on any atom is 0.0615 e. The molecule has 2 N–H and O–H groups in total. The molecule has 12 heavy (non-hydrogen) atoms. The van der Waals surface area contributed by atoms with Gasteiger partial charge in [-0.25, -0.2) is 0 Å². The summed E-state index contributed by atoms with van der Waals surface area (Å²) in [5, 5.41) is 0. The van der Waals surface area contributed by atoms with Gasteiger partial charge >= 0.3 is 0 Å². The molecule has 0 heterocycles. The van der Waals surface area contributed by atoms with Gasteiger partial charge in [0.2, 0.25) is 0 Å². The molecular formula is C9H20N2O. The number of nitrogens with two attached hydrogens (primary N) is 1. The van der Waals surface area contributed by atoms with Gasteiger partial charge in [-0.2, -0.15) is 0 Å². The summed E-state index contributed by atoms with van der Waals surface area (Å²) in [4.78, 5) is 2.36. The fraction of sp³-hybridized carbons (Fsp3) is 1.00. The van der Waals surface area contributed by atoms with Gasteiger partial charge < -0.3 is 10.5 Å². The summed E-state index contributed by atoms with van der Waals surface area (Å²) in [5.41, 5.74) is 6.02. The summed E-state index contributed by atoms with van der Waals surface area (Å²) >= 11 is 0. The van der Waals surface area contributed by atoms with Crippen molar-refractivity contribution in [1.82, 2.24) is 4.90 Å². The Kier molecular flexibility index (Phi) is 3.09. The van der Waals surface area contributed by atoms with Crippen molar-refractivity contribution in [3.8, 4) is 0 Å². The van der Waals surface area contributed by atoms with Crippen LogP contribution < -0.4 is 5.73 Å². The Bertz CT molecular complexity index is 145. The third-order valence-electron chi connectivity index (χ3n) is 3.02. The first-order valence-corrected chi connectivity index (χ1v) is 4.58. The monoisotopic (exact) mass is 172 g/mol. The minimum absolute atomic E-state index is 0.304. The number of rotatable bonds is 5. The third-order valence-corrected chi connectivity index (χ3v) is 3.02. The van der Waals surface area contributed by atoms with Crippen molar-refractivity contribution in [2.24, 2.45) is 5.73 Å². The van der Waals surface area contributed by atoms with Gasteiger partial charge in [-0.3, -0.25) is 4.90 Å². The molecule has 1 unspecified atom stereocenters. The van der Waals surface area contributed by atoms with Crippen LogP contribution in [0.5, 0.6) is 0 Å². The second-order valence-corrected chi connectivity index (χ2v) is 3.84. The topological polar surface area (TPSA) is 38.5 Å². The number of nitrogens with zero attached hydrogens (tertiary/aromatic N) is 1. The molecule has 1 atom stereocenters. The Balaban J connectivity index is 2.40. The Morgan fingerprint density at radius 3 is 2.50 bits per heavy atom. The molecule has 1 aliphatic carbocycles. The molecule has 72 valence electrons. The van der Waals surface area contributed by atoms with Crippen LogP contribution >= 0.6 is 0 Å². The van der Waals surface area contributed by atoms with Crippen LogP contribution in [-0.2, 0) is 4.74 Å². The summed E-state index contributed by atoms with van der Waals surface area (Å²) in [6.45, 7) is 3.75. The second-order valence-electron chi connectivity index (χ2n) is 3.84. The van der Waals surface area contributed by atoms with E-state index >= 15 is 0 Å². The first-order valence-electron chi connectivity index (χ1n) is 4.58. The Labute approximate surface area is 74.9 Å². The average Bonchev–Trinajstić information content (AvgIpc) is 2.84. The second kappa shape index (κ2) is 3.73. The van der Waals surface area contributed by atoms with Gasteiger partial charge in [0.15, 0.2) is 0 Å². The zero-order valence-corrected chi connectivity index (χ0v) is 8.34. The van der Waals surface area contributed by atoms with E-state index in [4.69, 9.17) is 10.5 Å². The first-order chi connectivity index (χ1) is 5.66. The van der Waals surface area contributed by atoms with E-state index in [9.17, 15) is 0 Å². The minimum Gasteiger partial charge on any atom is -0.383 e. The summed E-state index contributed by atoms with van der Waals surface area (Å²) in [5.74, 6) is 0. The molecule has 0 amide bonds. The zero-order valence-electron chi connectivity index (χ0n) is 8.34. The van der Waals surface area contributed by atoms with Gasteiger partial charge in [-0.15, -0.1) is 0 Å². The van der Waals surface area contributed by atoms with Crippen LogP contribution in [0.2, 0.25) is 0 Å². The molecule has 0 radical (unpaired) electrons. The summed E-state index contributed by atoms with van der Waals surface area (Å²) in [6, 6.07) is 0.473. The Morgan fingerprint density at radius 2 is 2.17 bits per heavy atom. The lowest BCUT2D eigenvalue weighted by Crippen LogP contribution is -2.46. The van der Waals surface area contributed by atoms with E-state index in [0.717, 1.165) is 13.2 Å². The molecule has 0 aromatic rings. The Morgan fingerprint density at radius 1 is 1.58 bits per heavy atom. The molecule has 0 bridgehead atoms. The van der Waals surface area contributed by atoms with Crippen molar-refractivity contribution in [1.29, 1.82) is 0 Å². The van der Waals surface area contributed by atoms with Crippen LogP contribution in [0.15, 0.2) is 0 Å². The van der Waals surface area contributed by atoms with Gasteiger partial charge in [0.1, 0.15) is 0 Å². The van der Waals surface area contributed by atoms with Gasteiger partial charge in [-0.05, 0) is 26.8 Å². The van der Waals surface area contributed by atoms with Gasteiger partial charge in [0.05, 0.1) is 6.61 Å². The van der Waals surface area contributed by atoms with Crippen molar-refractivity contribution in [3.05, 3.63) is 0 Å². The normalized spacial score (nSPS) is 22.8. The quantitative estimate of drug-likeness (QED) is 0.654. The fourth-order valence-electron chi connectivity index (χ4n) is 1.67. The number of likely N-dealkylation sites (N-methyl/N-ethyl adjacent to an activating group) is 1. The molecule has 1 aliphatic rings. The zero-order chi connectivity index (χ0) is 9.19. The van der Waals surface area contributed by atoms with E-state index in [-0.39, 0.29) is 0 Å². The van der Waals surface area contributed by atoms with Crippen molar-refractivity contribution in [3.63, 3.8) is 0 Å². The van der Waals surface area contributed by atoms with Gasteiger partial charge in [-0.1, -0.05) is 0 Å². The van der Waals surface area contributed by atoms with Gasteiger partial charge in [0, 0.05) is 25.2 Å². The molecule has 0 saturated heterocycles. The van der Waals surface area contributed by atoms with Crippen LogP contribution in [0.3, 0.4) is 0 Å². The SMILES string of the molecule is COCC(C)N(C)C1(CN)CC1. The summed E-state index contributed by atoms with van der Waals surface area (Å²) < 4.78 is 5.11. The lowest BCUT2D eigenvalue weighted by molar-refractivity contribution is 0.0828. The molecule has 0 spiro atoms. The molecule has 3 heteroatoms. The van der Waals surface area contributed by atoms with Crippen molar-refractivity contribution >= 4 is 0 Å². The lowest BCUT2D eigenvalue weighted by Gasteiger charge is -2.32. The smallest absolute Gasteiger partial charge is 0.0615 e. The number of hydrogen-bond donors (Lipinski definition) is 1. The predicted octanol–water partition coefficient (Wildman–Crippen LogP) is 0.444. The van der Waals surface area contributed by atoms with Crippen LogP contribution in [0.25, 0.3) is 0 Å². The molecule has 0 aliphatic heterocycles. The van der Waals surface area contributed by atoms with E-state index in [1.807, 2.05) is 0 Å². The third kappa shape index (κ3) is 1.79. The molecular weight excluding hydrogens is 152 g/mol. The van der Waals surface area contributed by atoms with E-state index in [0.29, 0.717) is 11.6 Å². The van der Waals surface area contributed by atoms with Crippen molar-refractivity contribution < 1.29 is 4.74 Å². The number of ether oxygens (including phenoxy) is 1. The van der Waals surface area contributed by atoms with Crippen LogP contribution in [-0.4, -0.2) is 43.8 Å². The van der Waals surface area contributed by atoms with E-state index < -0.39 is 0 Å². The van der Waals surface area contributed by atoms with Crippen molar-refractivity contribution in [2.45, 2.75) is 31.3 Å². The van der Waals surface area contributed by atoms with Crippen molar-refractivity contribution in [2.75, 3.05) is 27.3 Å². The molecule has 1 saturated carbocycles. The fourth-order valence-corrected chi connectivity index (χ4v) is 1.67. The number of methoxy groups -OCH3 is 1. The summed E-state index contributed by atoms with van der Waals surface area (Å²) in [7, 11) is 3.88. The maximum atomic E-state index is 5.72. The van der Waals surface area contributed by atoms with Crippen LogP contribution in [0.1, 0.15) is 19.8 Å². The Hall–Kier alpha value is -0.120. The van der Waals surface area contributed by atoms with E-state index in [1.54, 1.807) is 7.11 Å². The highest BCUT2D eigenvalue weighted by molar-refractivity contribution is 5.04. The van der Waals surface area contributed by atoms with E-state index in [2.05, 4.69) is 18.9 Å². The highest BCUT2D eigenvalue weighted by Crippen LogP contribution is 2.40. The molecule has 1 rings (SSSR count). The highest BCUT2D eigenvalue weighted by Gasteiger charge is 2.46. The van der Waals surface area contributed by atoms with Crippen LogP contribution in [0.4, 0.5) is 0 Å². The molecule has 1 fully saturated rings. The summed E-state index contributed by atoms with van der Waals surface area (Å²) in [6.07, 6.45) is 2.49. The highest BCUT2D eigenvalue weighted by atomic mass is 16.5. The minimum atomic E-state index is 0.304.